The Morgan fingerprint density at radius 2 is 2.05 bits per heavy atom. The van der Waals surface area contributed by atoms with Crippen molar-refractivity contribution in [1.82, 2.24) is 10.6 Å². The lowest BCUT2D eigenvalue weighted by Gasteiger charge is -2.14. The molecule has 0 saturated carbocycles. The van der Waals surface area contributed by atoms with Crippen LogP contribution in [0.4, 0.5) is 0 Å². The first kappa shape index (κ1) is 15.6. The lowest BCUT2D eigenvalue weighted by Crippen LogP contribution is -2.30. The molecule has 21 heavy (non-hydrogen) atoms. The van der Waals surface area contributed by atoms with Gasteiger partial charge in [-0.15, -0.1) is 0 Å². The fourth-order valence-corrected chi connectivity index (χ4v) is 2.61. The van der Waals surface area contributed by atoms with Crippen LogP contribution in [0.15, 0.2) is 18.2 Å². The number of hydrogen-bond acceptors (Lipinski definition) is 4. The Morgan fingerprint density at radius 1 is 1.24 bits per heavy atom. The summed E-state index contributed by atoms with van der Waals surface area (Å²) < 4.78 is 10.5. The molecule has 1 aliphatic heterocycles. The molecule has 1 heterocycles. The Morgan fingerprint density at radius 3 is 2.81 bits per heavy atom. The van der Waals surface area contributed by atoms with Crippen LogP contribution in [0.5, 0.6) is 11.5 Å². The van der Waals surface area contributed by atoms with Crippen LogP contribution in [-0.4, -0.2) is 33.2 Å². The lowest BCUT2D eigenvalue weighted by atomic mass is 10.00. The van der Waals surface area contributed by atoms with E-state index in [4.69, 9.17) is 9.47 Å². The highest BCUT2D eigenvalue weighted by Crippen LogP contribution is 2.27. The number of hydrogen-bond donors (Lipinski definition) is 2. The zero-order valence-electron chi connectivity index (χ0n) is 12.8. The fraction of sp³-hybridized carbons (Fsp3) is 0.562. The fourth-order valence-electron chi connectivity index (χ4n) is 2.61. The number of carbonyl (C=O) groups is 1. The average molecular weight is 292 g/mol. The first-order valence-electron chi connectivity index (χ1n) is 7.44. The minimum Gasteiger partial charge on any atom is -0.493 e. The second kappa shape index (κ2) is 7.88. The Balaban J connectivity index is 1.91. The third-order valence-electron chi connectivity index (χ3n) is 3.86. The topological polar surface area (TPSA) is 59.6 Å². The summed E-state index contributed by atoms with van der Waals surface area (Å²) in [5, 5.41) is 6.35. The van der Waals surface area contributed by atoms with Crippen molar-refractivity contribution in [1.29, 1.82) is 0 Å². The van der Waals surface area contributed by atoms with Crippen molar-refractivity contribution >= 4 is 5.91 Å². The molecule has 2 rings (SSSR count). The van der Waals surface area contributed by atoms with Crippen LogP contribution in [0.2, 0.25) is 0 Å². The van der Waals surface area contributed by atoms with Crippen molar-refractivity contribution in [3.05, 3.63) is 23.8 Å². The molecule has 2 N–H and O–H groups in total. The second-order valence-electron chi connectivity index (χ2n) is 5.28. The highest BCUT2D eigenvalue weighted by Gasteiger charge is 2.19. The largest absolute Gasteiger partial charge is 0.493 e. The number of nitrogens with one attached hydrogen (secondary N) is 2. The molecule has 1 aromatic rings. The molecule has 116 valence electrons. The Kier molecular flexibility index (Phi) is 5.87. The van der Waals surface area contributed by atoms with E-state index >= 15 is 0 Å². The molecular weight excluding hydrogens is 268 g/mol. The zero-order chi connectivity index (χ0) is 15.1. The molecule has 0 spiro atoms. The SMILES string of the molecule is COc1ccc(CNC(=O)[C@@H]2CCCNCC2)cc1OC. The summed E-state index contributed by atoms with van der Waals surface area (Å²) in [6.45, 7) is 2.46. The van der Waals surface area contributed by atoms with Crippen molar-refractivity contribution in [2.75, 3.05) is 27.3 Å². The number of carbonyl (C=O) groups excluding carboxylic acids is 1. The summed E-state index contributed by atoms with van der Waals surface area (Å²) >= 11 is 0. The standard InChI is InChI=1S/C16H24N2O3/c1-20-14-6-5-12(10-15(14)21-2)11-18-16(19)13-4-3-8-17-9-7-13/h5-6,10,13,17H,3-4,7-9,11H2,1-2H3,(H,18,19)/t13-/m1/s1. The van der Waals surface area contributed by atoms with E-state index in [1.54, 1.807) is 14.2 Å². The van der Waals surface area contributed by atoms with Crippen molar-refractivity contribution in [3.8, 4) is 11.5 Å². The molecule has 1 aromatic carbocycles. The third kappa shape index (κ3) is 4.36. The monoisotopic (exact) mass is 292 g/mol. The molecule has 1 amide bonds. The van der Waals surface area contributed by atoms with Gasteiger partial charge in [0.2, 0.25) is 5.91 Å². The Hall–Kier alpha value is -1.75. The van der Waals surface area contributed by atoms with E-state index in [9.17, 15) is 4.79 Å². The predicted octanol–water partition coefficient (Wildman–Crippen LogP) is 1.71. The first-order valence-corrected chi connectivity index (χ1v) is 7.44. The highest BCUT2D eigenvalue weighted by molar-refractivity contribution is 5.78. The molecule has 0 aliphatic carbocycles. The minimum atomic E-state index is 0.125. The van der Waals surface area contributed by atoms with E-state index in [1.807, 2.05) is 18.2 Å². The minimum absolute atomic E-state index is 0.125. The first-order chi connectivity index (χ1) is 10.2. The molecule has 0 unspecified atom stereocenters. The van der Waals surface area contributed by atoms with Gasteiger partial charge >= 0.3 is 0 Å². The van der Waals surface area contributed by atoms with Gasteiger partial charge in [-0.05, 0) is 50.0 Å². The Labute approximate surface area is 126 Å². The van der Waals surface area contributed by atoms with Gasteiger partial charge in [0.15, 0.2) is 11.5 Å². The molecule has 1 fully saturated rings. The highest BCUT2D eigenvalue weighted by atomic mass is 16.5. The second-order valence-corrected chi connectivity index (χ2v) is 5.28. The third-order valence-corrected chi connectivity index (χ3v) is 3.86. The lowest BCUT2D eigenvalue weighted by molar-refractivity contribution is -0.125. The summed E-state index contributed by atoms with van der Waals surface area (Å²) in [6, 6.07) is 5.69. The van der Waals surface area contributed by atoms with Crippen LogP contribution < -0.4 is 20.1 Å². The van der Waals surface area contributed by atoms with Gasteiger partial charge in [-0.2, -0.15) is 0 Å². The van der Waals surface area contributed by atoms with E-state index in [-0.39, 0.29) is 11.8 Å². The predicted molar refractivity (Wildman–Crippen MR) is 81.6 cm³/mol. The van der Waals surface area contributed by atoms with Crippen LogP contribution in [0, 0.1) is 5.92 Å². The number of benzene rings is 1. The molecule has 0 aromatic heterocycles. The van der Waals surface area contributed by atoms with E-state index in [2.05, 4.69) is 10.6 Å². The summed E-state index contributed by atoms with van der Waals surface area (Å²) in [6.07, 6.45) is 2.94. The van der Waals surface area contributed by atoms with Gasteiger partial charge in [0.05, 0.1) is 14.2 Å². The molecule has 1 aliphatic rings. The van der Waals surface area contributed by atoms with E-state index in [0.717, 1.165) is 37.9 Å². The van der Waals surface area contributed by atoms with Gasteiger partial charge in [0.25, 0.3) is 0 Å². The smallest absolute Gasteiger partial charge is 0.223 e. The molecule has 0 radical (unpaired) electrons. The van der Waals surface area contributed by atoms with E-state index in [0.29, 0.717) is 18.0 Å². The van der Waals surface area contributed by atoms with E-state index in [1.165, 1.54) is 0 Å². The van der Waals surface area contributed by atoms with Crippen LogP contribution in [0.1, 0.15) is 24.8 Å². The summed E-state index contributed by atoms with van der Waals surface area (Å²) in [5.74, 6) is 1.65. The van der Waals surface area contributed by atoms with Crippen LogP contribution >= 0.6 is 0 Å². The van der Waals surface area contributed by atoms with Gasteiger partial charge in [-0.1, -0.05) is 6.07 Å². The van der Waals surface area contributed by atoms with Crippen LogP contribution in [0.3, 0.4) is 0 Å². The van der Waals surface area contributed by atoms with Crippen LogP contribution in [-0.2, 0) is 11.3 Å². The van der Waals surface area contributed by atoms with Gasteiger partial charge in [-0.3, -0.25) is 4.79 Å². The van der Waals surface area contributed by atoms with Crippen molar-refractivity contribution < 1.29 is 14.3 Å². The maximum absolute atomic E-state index is 12.2. The zero-order valence-corrected chi connectivity index (χ0v) is 12.8. The van der Waals surface area contributed by atoms with Crippen molar-refractivity contribution in [2.24, 2.45) is 5.92 Å². The van der Waals surface area contributed by atoms with Gasteiger partial charge in [0.1, 0.15) is 0 Å². The van der Waals surface area contributed by atoms with Crippen molar-refractivity contribution in [2.45, 2.75) is 25.8 Å². The number of ether oxygens (including phenoxy) is 2. The molecule has 5 heteroatoms. The van der Waals surface area contributed by atoms with Crippen molar-refractivity contribution in [3.63, 3.8) is 0 Å². The maximum Gasteiger partial charge on any atom is 0.223 e. The molecular formula is C16H24N2O3. The summed E-state index contributed by atoms with van der Waals surface area (Å²) in [5.41, 5.74) is 1.01. The maximum atomic E-state index is 12.2. The average Bonchev–Trinajstić information content (AvgIpc) is 2.81. The van der Waals surface area contributed by atoms with E-state index < -0.39 is 0 Å². The molecule has 1 atom stereocenters. The van der Waals surface area contributed by atoms with Crippen LogP contribution in [0.25, 0.3) is 0 Å². The number of amides is 1. The quantitative estimate of drug-likeness (QED) is 0.867. The number of methoxy groups -OCH3 is 2. The molecule has 0 bridgehead atoms. The Bertz CT molecular complexity index is 469. The number of rotatable bonds is 5. The molecule has 5 nitrogen and oxygen atoms in total. The van der Waals surface area contributed by atoms with Gasteiger partial charge in [-0.25, -0.2) is 0 Å². The summed E-state index contributed by atoms with van der Waals surface area (Å²) in [4.78, 5) is 12.2. The van der Waals surface area contributed by atoms with Gasteiger partial charge < -0.3 is 20.1 Å². The summed E-state index contributed by atoms with van der Waals surface area (Å²) in [7, 11) is 3.22. The van der Waals surface area contributed by atoms with Gasteiger partial charge in [0, 0.05) is 12.5 Å². The normalized spacial score (nSPS) is 18.7. The molecule has 1 saturated heterocycles.